The minimum atomic E-state index is 0.561. The molecule has 2 aromatic rings. The summed E-state index contributed by atoms with van der Waals surface area (Å²) in [6.07, 6.45) is 2.04. The van der Waals surface area contributed by atoms with Crippen molar-refractivity contribution in [1.29, 1.82) is 0 Å². The lowest BCUT2D eigenvalue weighted by atomic mass is 10.0. The van der Waals surface area contributed by atoms with E-state index in [1.165, 1.54) is 25.2 Å². The van der Waals surface area contributed by atoms with E-state index in [1.807, 2.05) is 24.3 Å². The first kappa shape index (κ1) is 17.8. The summed E-state index contributed by atoms with van der Waals surface area (Å²) in [6, 6.07) is 9.89. The van der Waals surface area contributed by atoms with Gasteiger partial charge in [0.05, 0.1) is 19.4 Å². The molecule has 0 spiro atoms. The van der Waals surface area contributed by atoms with Crippen LogP contribution < -0.4 is 9.47 Å². The average Bonchev–Trinajstić information content (AvgIpc) is 3.24. The van der Waals surface area contributed by atoms with Gasteiger partial charge < -0.3 is 14.4 Å². The van der Waals surface area contributed by atoms with Crippen LogP contribution in [0.5, 0.6) is 11.5 Å². The van der Waals surface area contributed by atoms with Gasteiger partial charge in [-0.3, -0.25) is 5.10 Å². The van der Waals surface area contributed by atoms with Crippen molar-refractivity contribution in [3.8, 4) is 11.5 Å². The van der Waals surface area contributed by atoms with E-state index in [2.05, 4.69) is 35.0 Å². The molecule has 1 fully saturated rings. The Bertz CT molecular complexity index is 651. The third-order valence-corrected chi connectivity index (χ3v) is 4.66. The van der Waals surface area contributed by atoms with Gasteiger partial charge in [0, 0.05) is 31.1 Å². The van der Waals surface area contributed by atoms with Crippen molar-refractivity contribution in [3.63, 3.8) is 0 Å². The van der Waals surface area contributed by atoms with Crippen molar-refractivity contribution < 1.29 is 9.47 Å². The average molecular weight is 343 g/mol. The van der Waals surface area contributed by atoms with Crippen LogP contribution in [0.2, 0.25) is 0 Å². The molecule has 0 unspecified atom stereocenters. The lowest BCUT2D eigenvalue weighted by molar-refractivity contribution is 0.294. The van der Waals surface area contributed by atoms with Crippen LogP contribution in [0.4, 0.5) is 0 Å². The summed E-state index contributed by atoms with van der Waals surface area (Å²) >= 11 is 0. The highest BCUT2D eigenvalue weighted by Crippen LogP contribution is 2.26. The van der Waals surface area contributed by atoms with Gasteiger partial charge in [-0.25, -0.2) is 0 Å². The first-order chi connectivity index (χ1) is 12.1. The Morgan fingerprint density at radius 2 is 2.00 bits per heavy atom. The van der Waals surface area contributed by atoms with Gasteiger partial charge in [-0.2, -0.15) is 5.10 Å². The molecule has 1 saturated heterocycles. The summed E-state index contributed by atoms with van der Waals surface area (Å²) in [5, 5.41) is 7.71. The van der Waals surface area contributed by atoms with Crippen molar-refractivity contribution in [2.24, 2.45) is 5.92 Å². The van der Waals surface area contributed by atoms with Crippen LogP contribution in [0.1, 0.15) is 37.6 Å². The number of nitrogens with zero attached hydrogens (tertiary/aromatic N) is 2. The number of nitrogens with one attached hydrogen (secondary N) is 1. The quantitative estimate of drug-likeness (QED) is 0.797. The Labute approximate surface area is 150 Å². The Hall–Kier alpha value is -2.01. The summed E-state index contributed by atoms with van der Waals surface area (Å²) in [6.45, 7) is 8.70. The topological polar surface area (TPSA) is 50.4 Å². The van der Waals surface area contributed by atoms with E-state index < -0.39 is 0 Å². The monoisotopic (exact) mass is 343 g/mol. The van der Waals surface area contributed by atoms with Crippen LogP contribution in [0, 0.1) is 5.92 Å². The summed E-state index contributed by atoms with van der Waals surface area (Å²) in [5.74, 6) is 2.99. The van der Waals surface area contributed by atoms with Crippen LogP contribution in [0.3, 0.4) is 0 Å². The summed E-state index contributed by atoms with van der Waals surface area (Å²) in [4.78, 5) is 2.55. The third kappa shape index (κ3) is 4.98. The molecule has 0 radical (unpaired) electrons. The highest BCUT2D eigenvalue weighted by atomic mass is 16.5. The number of methoxy groups -OCH3 is 1. The Kier molecular flexibility index (Phi) is 5.97. The van der Waals surface area contributed by atoms with Gasteiger partial charge in [-0.1, -0.05) is 13.8 Å². The Balaban J connectivity index is 1.45. The molecular weight excluding hydrogens is 314 g/mol. The molecule has 3 rings (SSSR count). The van der Waals surface area contributed by atoms with Crippen molar-refractivity contribution in [2.45, 2.75) is 32.6 Å². The van der Waals surface area contributed by atoms with E-state index in [4.69, 9.17) is 9.47 Å². The van der Waals surface area contributed by atoms with Crippen molar-refractivity contribution in [2.75, 3.05) is 33.4 Å². The third-order valence-electron chi connectivity index (χ3n) is 4.66. The number of rotatable bonds is 8. The van der Waals surface area contributed by atoms with Crippen LogP contribution in [0.15, 0.2) is 30.3 Å². The van der Waals surface area contributed by atoms with E-state index >= 15 is 0 Å². The number of likely N-dealkylation sites (tertiary alicyclic amines) is 1. The van der Waals surface area contributed by atoms with E-state index in [0.29, 0.717) is 12.5 Å². The zero-order chi connectivity index (χ0) is 17.6. The van der Waals surface area contributed by atoms with E-state index in [9.17, 15) is 0 Å². The highest BCUT2D eigenvalue weighted by molar-refractivity contribution is 5.31. The number of H-pyrrole nitrogens is 1. The number of ether oxygens (including phenoxy) is 2. The van der Waals surface area contributed by atoms with Crippen LogP contribution >= 0.6 is 0 Å². The summed E-state index contributed by atoms with van der Waals surface area (Å²) in [5.41, 5.74) is 2.34. The second-order valence-electron chi connectivity index (χ2n) is 7.23. The highest BCUT2D eigenvalue weighted by Gasteiger charge is 2.25. The van der Waals surface area contributed by atoms with Crippen LogP contribution in [0.25, 0.3) is 0 Å². The zero-order valence-corrected chi connectivity index (χ0v) is 15.5. The second kappa shape index (κ2) is 8.39. The van der Waals surface area contributed by atoms with Gasteiger partial charge in [0.25, 0.3) is 0 Å². The van der Waals surface area contributed by atoms with E-state index in [-0.39, 0.29) is 0 Å². The fraction of sp³-hybridized carbons (Fsp3) is 0.550. The number of aromatic nitrogens is 2. The van der Waals surface area contributed by atoms with Crippen molar-refractivity contribution >= 4 is 0 Å². The zero-order valence-electron chi connectivity index (χ0n) is 15.5. The fourth-order valence-corrected chi connectivity index (χ4v) is 3.42. The molecule has 0 saturated carbocycles. The lowest BCUT2D eigenvalue weighted by Gasteiger charge is -2.17. The maximum Gasteiger partial charge on any atom is 0.119 e. The number of benzene rings is 1. The predicted molar refractivity (Wildman–Crippen MR) is 99.4 cm³/mol. The van der Waals surface area contributed by atoms with Crippen molar-refractivity contribution in [1.82, 2.24) is 15.1 Å². The van der Waals surface area contributed by atoms with Gasteiger partial charge in [-0.05, 0) is 49.2 Å². The lowest BCUT2D eigenvalue weighted by Crippen LogP contribution is -2.24. The Morgan fingerprint density at radius 3 is 2.72 bits per heavy atom. The molecule has 1 atom stereocenters. The SMILES string of the molecule is COc1ccc(OCCc2cc([C@@H]3CCN(CC(C)C)C3)n[nH]2)cc1. The standard InChI is InChI=1S/C20H29N3O2/c1-15(2)13-23-10-8-16(14-23)20-12-17(21-22-20)9-11-25-19-6-4-18(24-3)5-7-19/h4-7,12,15-16H,8-11,13-14H2,1-3H3,(H,21,22)/t16-/m1/s1. The summed E-state index contributed by atoms with van der Waals surface area (Å²) in [7, 11) is 1.66. The first-order valence-corrected chi connectivity index (χ1v) is 9.17. The van der Waals surface area contributed by atoms with Crippen LogP contribution in [-0.2, 0) is 6.42 Å². The second-order valence-corrected chi connectivity index (χ2v) is 7.23. The fourth-order valence-electron chi connectivity index (χ4n) is 3.42. The van der Waals surface area contributed by atoms with Gasteiger partial charge in [0.15, 0.2) is 0 Å². The molecule has 2 heterocycles. The van der Waals surface area contributed by atoms with Crippen LogP contribution in [-0.4, -0.2) is 48.4 Å². The normalized spacial score (nSPS) is 18.0. The largest absolute Gasteiger partial charge is 0.497 e. The maximum absolute atomic E-state index is 5.79. The van der Waals surface area contributed by atoms with E-state index in [1.54, 1.807) is 7.11 Å². The first-order valence-electron chi connectivity index (χ1n) is 9.17. The molecule has 136 valence electrons. The molecule has 1 aromatic carbocycles. The molecule has 5 heteroatoms. The molecule has 1 aliphatic rings. The van der Waals surface area contributed by atoms with E-state index in [0.717, 1.165) is 36.1 Å². The minimum Gasteiger partial charge on any atom is -0.497 e. The van der Waals surface area contributed by atoms with Gasteiger partial charge in [0.2, 0.25) is 0 Å². The smallest absolute Gasteiger partial charge is 0.119 e. The molecule has 1 N–H and O–H groups in total. The predicted octanol–water partition coefficient (Wildman–Crippen LogP) is 3.49. The molecule has 0 aliphatic carbocycles. The molecule has 1 aromatic heterocycles. The molecule has 5 nitrogen and oxygen atoms in total. The van der Waals surface area contributed by atoms with Gasteiger partial charge in [-0.15, -0.1) is 0 Å². The van der Waals surface area contributed by atoms with Crippen molar-refractivity contribution in [3.05, 3.63) is 41.7 Å². The molecule has 25 heavy (non-hydrogen) atoms. The number of hydrogen-bond acceptors (Lipinski definition) is 4. The van der Waals surface area contributed by atoms with Gasteiger partial charge >= 0.3 is 0 Å². The number of aromatic amines is 1. The molecule has 1 aliphatic heterocycles. The summed E-state index contributed by atoms with van der Waals surface area (Å²) < 4.78 is 10.9. The van der Waals surface area contributed by atoms with Gasteiger partial charge in [0.1, 0.15) is 11.5 Å². The molecule has 0 bridgehead atoms. The Morgan fingerprint density at radius 1 is 1.24 bits per heavy atom. The minimum absolute atomic E-state index is 0.561. The molecule has 0 amide bonds. The number of hydrogen-bond donors (Lipinski definition) is 1. The molecular formula is C20H29N3O2. The maximum atomic E-state index is 5.79.